The third-order valence-electron chi connectivity index (χ3n) is 4.41. The number of thiazole rings is 1. The summed E-state index contributed by atoms with van der Waals surface area (Å²) in [5, 5.41) is 4.55. The molecule has 0 fully saturated rings. The van der Waals surface area contributed by atoms with E-state index in [9.17, 15) is 13.2 Å². The molecule has 0 spiro atoms. The van der Waals surface area contributed by atoms with Gasteiger partial charge in [0, 0.05) is 33.9 Å². The number of hydrogen-bond donors (Lipinski definition) is 1. The number of aromatic nitrogens is 2. The number of sulfone groups is 1. The lowest BCUT2D eigenvalue weighted by molar-refractivity contribution is 0.0995. The van der Waals surface area contributed by atoms with E-state index in [1.54, 1.807) is 12.3 Å². The van der Waals surface area contributed by atoms with Crippen LogP contribution in [0.3, 0.4) is 0 Å². The number of fused-ring (bicyclic) bond motifs is 1. The van der Waals surface area contributed by atoms with E-state index >= 15 is 0 Å². The van der Waals surface area contributed by atoms with Crippen LogP contribution >= 0.6 is 11.3 Å². The minimum Gasteiger partial charge on any atom is -0.480 e. The lowest BCUT2D eigenvalue weighted by atomic mass is 9.91. The minimum atomic E-state index is -3.32. The van der Waals surface area contributed by atoms with Crippen molar-refractivity contribution >= 4 is 38.0 Å². The Morgan fingerprint density at radius 1 is 1.37 bits per heavy atom. The number of carbonyl (C=O) groups excluding carboxylic acids is 1. The van der Waals surface area contributed by atoms with E-state index in [1.807, 2.05) is 23.6 Å². The molecule has 3 aromatic rings. The van der Waals surface area contributed by atoms with Crippen molar-refractivity contribution in [1.82, 2.24) is 9.97 Å². The molecule has 138 valence electrons. The van der Waals surface area contributed by atoms with E-state index in [0.717, 1.165) is 10.6 Å². The number of primary amides is 1. The fourth-order valence-corrected chi connectivity index (χ4v) is 5.25. The van der Waals surface area contributed by atoms with Gasteiger partial charge in [0.05, 0.1) is 18.4 Å². The normalized spacial score (nSPS) is 18.0. The maximum atomic E-state index is 12.1. The van der Waals surface area contributed by atoms with Crippen LogP contribution < -0.4 is 10.5 Å². The second-order valence-electron chi connectivity index (χ2n) is 6.11. The largest absolute Gasteiger partial charge is 0.480 e. The number of allylic oxidation sites excluding steroid dienone is 1. The number of ether oxygens (including phenoxy) is 1. The number of hydrogen-bond acceptors (Lipinski definition) is 7. The van der Waals surface area contributed by atoms with Gasteiger partial charge in [-0.1, -0.05) is 18.2 Å². The lowest BCUT2D eigenvalue weighted by Gasteiger charge is -2.18. The number of amides is 1. The number of rotatable bonds is 4. The highest BCUT2D eigenvalue weighted by Crippen LogP contribution is 2.38. The molecule has 0 saturated heterocycles. The van der Waals surface area contributed by atoms with Gasteiger partial charge < -0.3 is 10.5 Å². The van der Waals surface area contributed by atoms with Gasteiger partial charge in [-0.15, -0.1) is 11.3 Å². The maximum absolute atomic E-state index is 12.1. The van der Waals surface area contributed by atoms with Crippen LogP contribution in [0.15, 0.2) is 41.3 Å². The van der Waals surface area contributed by atoms with Crippen LogP contribution in [-0.2, 0) is 9.84 Å². The third-order valence-corrected chi connectivity index (χ3v) is 6.63. The Morgan fingerprint density at radius 3 is 2.78 bits per heavy atom. The number of pyridine rings is 1. The molecule has 1 atom stereocenters. The van der Waals surface area contributed by atoms with Crippen LogP contribution in [0, 0.1) is 0 Å². The summed E-state index contributed by atoms with van der Waals surface area (Å²) in [6, 6.07) is 5.54. The molecule has 1 amide bonds. The van der Waals surface area contributed by atoms with Crippen molar-refractivity contribution in [3.63, 3.8) is 0 Å². The predicted octanol–water partition coefficient (Wildman–Crippen LogP) is 2.49. The molecule has 0 saturated carbocycles. The monoisotopic (exact) mass is 401 g/mol. The Labute approximate surface area is 159 Å². The molecule has 0 bridgehead atoms. The quantitative estimate of drug-likeness (QED) is 0.719. The first-order valence-electron chi connectivity index (χ1n) is 8.02. The highest BCUT2D eigenvalue weighted by atomic mass is 32.2. The standard InChI is InChI=1S/C18H15N3O4S2/c1-25-17-15(16(19)22)14(11-4-7-27(23,24)9-11)12-3-2-10(8-13(12)21-17)18-20-5-6-26-18/h2-8,11H,9H2,1H3,(H2,19,22). The van der Waals surface area contributed by atoms with Crippen molar-refractivity contribution in [2.24, 2.45) is 5.73 Å². The number of nitrogens with two attached hydrogens (primary N) is 1. The summed E-state index contributed by atoms with van der Waals surface area (Å²) in [5.41, 5.74) is 7.67. The molecule has 9 heteroatoms. The molecule has 1 aromatic carbocycles. The molecule has 0 aliphatic carbocycles. The Hall–Kier alpha value is -2.78. The predicted molar refractivity (Wildman–Crippen MR) is 104 cm³/mol. The van der Waals surface area contributed by atoms with Crippen molar-refractivity contribution < 1.29 is 17.9 Å². The van der Waals surface area contributed by atoms with Gasteiger partial charge in [0.15, 0.2) is 9.84 Å². The molecule has 2 N–H and O–H groups in total. The lowest BCUT2D eigenvalue weighted by Crippen LogP contribution is -2.19. The van der Waals surface area contributed by atoms with E-state index < -0.39 is 21.7 Å². The average molecular weight is 401 g/mol. The molecule has 27 heavy (non-hydrogen) atoms. The Kier molecular flexibility index (Phi) is 4.20. The van der Waals surface area contributed by atoms with Gasteiger partial charge in [-0.3, -0.25) is 4.79 Å². The van der Waals surface area contributed by atoms with Gasteiger partial charge in [0.2, 0.25) is 5.88 Å². The van der Waals surface area contributed by atoms with E-state index in [-0.39, 0.29) is 17.2 Å². The zero-order chi connectivity index (χ0) is 19.2. The Bertz CT molecular complexity index is 1190. The minimum absolute atomic E-state index is 0.0824. The molecule has 3 heterocycles. The summed E-state index contributed by atoms with van der Waals surface area (Å²) >= 11 is 1.50. The fraction of sp³-hybridized carbons (Fsp3) is 0.167. The summed E-state index contributed by atoms with van der Waals surface area (Å²) in [7, 11) is -1.92. The molecule has 2 aromatic heterocycles. The second kappa shape index (κ2) is 6.43. The zero-order valence-corrected chi connectivity index (χ0v) is 15.9. The summed E-state index contributed by atoms with van der Waals surface area (Å²) < 4.78 is 29.2. The number of benzene rings is 1. The molecule has 4 rings (SSSR count). The molecule has 7 nitrogen and oxygen atoms in total. The summed E-state index contributed by atoms with van der Waals surface area (Å²) in [6.45, 7) is 0. The van der Waals surface area contributed by atoms with Crippen molar-refractivity contribution in [2.75, 3.05) is 12.9 Å². The Balaban J connectivity index is 2.01. The number of nitrogens with zero attached hydrogens (tertiary/aromatic N) is 2. The van der Waals surface area contributed by atoms with E-state index in [1.165, 1.54) is 23.9 Å². The molecule has 1 aliphatic rings. The number of methoxy groups -OCH3 is 1. The summed E-state index contributed by atoms with van der Waals surface area (Å²) in [4.78, 5) is 20.9. The van der Waals surface area contributed by atoms with Gasteiger partial charge in [-0.25, -0.2) is 18.4 Å². The number of carbonyl (C=O) groups is 1. The van der Waals surface area contributed by atoms with E-state index in [4.69, 9.17) is 10.5 Å². The fourth-order valence-electron chi connectivity index (χ4n) is 3.29. The Morgan fingerprint density at radius 2 is 2.19 bits per heavy atom. The first-order chi connectivity index (χ1) is 12.9. The molecule has 1 aliphatic heterocycles. The molecule has 0 radical (unpaired) electrons. The van der Waals surface area contributed by atoms with Crippen molar-refractivity contribution in [2.45, 2.75) is 5.92 Å². The third kappa shape index (κ3) is 3.08. The van der Waals surface area contributed by atoms with Gasteiger partial charge in [0.25, 0.3) is 5.91 Å². The highest BCUT2D eigenvalue weighted by molar-refractivity contribution is 7.94. The first kappa shape index (κ1) is 17.6. The van der Waals surface area contributed by atoms with Gasteiger partial charge in [-0.2, -0.15) is 0 Å². The van der Waals surface area contributed by atoms with E-state index in [2.05, 4.69) is 9.97 Å². The van der Waals surface area contributed by atoms with Crippen LogP contribution in [0.2, 0.25) is 0 Å². The molecular weight excluding hydrogens is 386 g/mol. The zero-order valence-electron chi connectivity index (χ0n) is 14.2. The topological polar surface area (TPSA) is 112 Å². The summed E-state index contributed by atoms with van der Waals surface area (Å²) in [5.74, 6) is -1.25. The highest BCUT2D eigenvalue weighted by Gasteiger charge is 2.31. The van der Waals surface area contributed by atoms with Crippen molar-refractivity contribution in [1.29, 1.82) is 0 Å². The van der Waals surface area contributed by atoms with Gasteiger partial charge >= 0.3 is 0 Å². The van der Waals surface area contributed by atoms with Crippen LogP contribution in [-0.4, -0.2) is 37.2 Å². The van der Waals surface area contributed by atoms with Crippen LogP contribution in [0.4, 0.5) is 0 Å². The first-order valence-corrected chi connectivity index (χ1v) is 10.6. The van der Waals surface area contributed by atoms with Crippen molar-refractivity contribution in [3.8, 4) is 16.5 Å². The molecule has 1 unspecified atom stereocenters. The maximum Gasteiger partial charge on any atom is 0.254 e. The van der Waals surface area contributed by atoms with E-state index in [0.29, 0.717) is 16.5 Å². The smallest absolute Gasteiger partial charge is 0.254 e. The molecular formula is C18H15N3O4S2. The second-order valence-corrected chi connectivity index (χ2v) is 8.93. The van der Waals surface area contributed by atoms with Gasteiger partial charge in [0.1, 0.15) is 10.6 Å². The van der Waals surface area contributed by atoms with Crippen LogP contribution in [0.25, 0.3) is 21.5 Å². The van der Waals surface area contributed by atoms with Gasteiger partial charge in [-0.05, 0) is 11.6 Å². The van der Waals surface area contributed by atoms with Crippen LogP contribution in [0.1, 0.15) is 21.8 Å². The SMILES string of the molecule is COc1nc2cc(-c3nccs3)ccc2c(C2C=CS(=O)(=O)C2)c1C(N)=O. The summed E-state index contributed by atoms with van der Waals surface area (Å²) in [6.07, 6.45) is 3.29. The average Bonchev–Trinajstić information content (AvgIpc) is 3.28. The van der Waals surface area contributed by atoms with Crippen molar-refractivity contribution in [3.05, 3.63) is 52.4 Å². The van der Waals surface area contributed by atoms with Crippen LogP contribution in [0.5, 0.6) is 5.88 Å².